The highest BCUT2D eigenvalue weighted by molar-refractivity contribution is 7.95. The third-order valence-corrected chi connectivity index (χ3v) is 6.22. The minimum atomic E-state index is -4.69. The van der Waals surface area contributed by atoms with Crippen molar-refractivity contribution < 1.29 is 47.3 Å². The third kappa shape index (κ3) is 6.09. The maximum atomic E-state index is 11.7. The molecule has 3 aromatic carbocycles. The molecule has 33 heavy (non-hydrogen) atoms. The molecule has 0 atom stereocenters. The molecular formula is C17H15N3O10S3. The van der Waals surface area contributed by atoms with Gasteiger partial charge in [-0.1, -0.05) is 10.1 Å². The minimum absolute atomic E-state index is 0.143. The largest absolute Gasteiger partial charge is 0.505 e. The summed E-state index contributed by atoms with van der Waals surface area (Å²) in [4.78, 5) is -0.190. The van der Waals surface area contributed by atoms with E-state index in [4.69, 9.17) is 10.5 Å². The first-order valence-corrected chi connectivity index (χ1v) is 11.5. The number of phenols is 1. The third-order valence-electron chi connectivity index (χ3n) is 4.12. The Morgan fingerprint density at radius 3 is 2.36 bits per heavy atom. The van der Waals surface area contributed by atoms with Crippen LogP contribution in [-0.2, 0) is 28.9 Å². The number of fused-ring (bicyclic) bond motifs is 1. The highest BCUT2D eigenvalue weighted by Gasteiger charge is 2.19. The predicted octanol–water partition coefficient (Wildman–Crippen LogP) is 5.11. The average molecular weight is 518 g/mol. The first-order valence-electron chi connectivity index (χ1n) is 8.58. The zero-order valence-electron chi connectivity index (χ0n) is 16.4. The molecule has 0 saturated carbocycles. The van der Waals surface area contributed by atoms with E-state index in [0.29, 0.717) is 34.9 Å². The summed E-state index contributed by atoms with van der Waals surface area (Å²) in [6.07, 6.45) is 0. The van der Waals surface area contributed by atoms with Crippen LogP contribution in [0.2, 0.25) is 0 Å². The Hall–Kier alpha value is -2.51. The Kier molecular flexibility index (Phi) is 8.43. The van der Waals surface area contributed by atoms with Crippen LogP contribution in [0.1, 0.15) is 0 Å². The second-order valence-corrected chi connectivity index (χ2v) is 8.92. The number of aromatic hydroxyl groups is 1. The van der Waals surface area contributed by atoms with Crippen molar-refractivity contribution >= 4 is 62.0 Å². The van der Waals surface area contributed by atoms with Gasteiger partial charge in [0, 0.05) is 23.0 Å². The zero-order valence-corrected chi connectivity index (χ0v) is 18.8. The van der Waals surface area contributed by atoms with Crippen molar-refractivity contribution in [2.24, 2.45) is 10.2 Å². The quantitative estimate of drug-likeness (QED) is 0.0785. The average Bonchev–Trinajstić information content (AvgIpc) is 2.79. The maximum absolute atomic E-state index is 11.7. The molecule has 0 fully saturated rings. The van der Waals surface area contributed by atoms with Gasteiger partial charge in [0.25, 0.3) is 10.1 Å². The second-order valence-electron chi connectivity index (χ2n) is 6.01. The van der Waals surface area contributed by atoms with Crippen molar-refractivity contribution in [1.29, 1.82) is 0 Å². The van der Waals surface area contributed by atoms with Crippen molar-refractivity contribution in [1.82, 2.24) is 0 Å². The fourth-order valence-electron chi connectivity index (χ4n) is 2.72. The van der Waals surface area contributed by atoms with Crippen molar-refractivity contribution in [3.8, 4) is 5.75 Å². The number of phenolic OH excluding ortho intramolecular Hbond substituents is 1. The van der Waals surface area contributed by atoms with E-state index in [1.807, 2.05) is 0 Å². The Labute approximate surface area is 194 Å². The number of hydrogen-bond donors (Lipinski definition) is 5. The Morgan fingerprint density at radius 2 is 1.70 bits per heavy atom. The Morgan fingerprint density at radius 1 is 0.970 bits per heavy atom. The molecule has 0 aromatic heterocycles. The summed E-state index contributed by atoms with van der Waals surface area (Å²) in [6, 6.07) is 10.1. The molecule has 0 unspecified atom stereocenters. The van der Waals surface area contributed by atoms with E-state index in [2.05, 4.69) is 34.3 Å². The number of benzene rings is 3. The summed E-state index contributed by atoms with van der Waals surface area (Å²) in [5.41, 5.74) is 0.299. The van der Waals surface area contributed by atoms with Crippen molar-refractivity contribution in [2.75, 3.05) is 12.4 Å². The van der Waals surface area contributed by atoms with Gasteiger partial charge in [-0.2, -0.15) is 8.42 Å². The number of anilines is 1. The van der Waals surface area contributed by atoms with Crippen LogP contribution >= 0.6 is 24.1 Å². The van der Waals surface area contributed by atoms with Gasteiger partial charge >= 0.3 is 0 Å². The first kappa shape index (κ1) is 25.1. The number of nitrogens with zero attached hydrogens (tertiary/aromatic N) is 2. The molecule has 176 valence electrons. The topological polar surface area (TPSA) is 189 Å². The second kappa shape index (κ2) is 11.1. The Bertz CT molecular complexity index is 1290. The summed E-state index contributed by atoms with van der Waals surface area (Å²) in [5, 5.41) is 46.4. The molecule has 0 radical (unpaired) electrons. The number of azo groups is 1. The van der Waals surface area contributed by atoms with E-state index in [0.717, 1.165) is 11.8 Å². The summed E-state index contributed by atoms with van der Waals surface area (Å²) in [5.74, 6) is -0.320. The van der Waals surface area contributed by atoms with Crippen LogP contribution in [0.3, 0.4) is 0 Å². The van der Waals surface area contributed by atoms with E-state index in [9.17, 15) is 18.1 Å². The van der Waals surface area contributed by atoms with E-state index in [1.54, 1.807) is 31.3 Å². The van der Waals surface area contributed by atoms with Crippen LogP contribution in [0.4, 0.5) is 17.1 Å². The van der Waals surface area contributed by atoms with Crippen LogP contribution in [0.15, 0.2) is 67.4 Å². The molecule has 3 rings (SSSR count). The van der Waals surface area contributed by atoms with Gasteiger partial charge in [0.2, 0.25) is 0 Å². The first-order chi connectivity index (χ1) is 15.8. The fraction of sp³-hybridized carbons (Fsp3) is 0.0588. The fourth-order valence-corrected chi connectivity index (χ4v) is 4.21. The van der Waals surface area contributed by atoms with Gasteiger partial charge < -0.3 is 10.4 Å². The van der Waals surface area contributed by atoms with Crippen LogP contribution in [-0.4, -0.2) is 35.6 Å². The summed E-state index contributed by atoms with van der Waals surface area (Å²) < 4.78 is 41.7. The lowest BCUT2D eigenvalue weighted by atomic mass is 10.1. The van der Waals surface area contributed by atoms with Gasteiger partial charge in [-0.15, -0.1) is 18.9 Å². The molecule has 0 bridgehead atoms. The SMILES string of the molecule is CNc1ccc2c(O)c(N=Nc3cc(SOOO)ccc3S(=O)(=O)O)c(SOOO)cc2c1. The van der Waals surface area contributed by atoms with Gasteiger partial charge in [0.1, 0.15) is 16.3 Å². The predicted molar refractivity (Wildman–Crippen MR) is 117 cm³/mol. The lowest BCUT2D eigenvalue weighted by Gasteiger charge is -2.10. The van der Waals surface area contributed by atoms with Crippen molar-refractivity contribution in [3.63, 3.8) is 0 Å². The van der Waals surface area contributed by atoms with Crippen molar-refractivity contribution in [3.05, 3.63) is 42.5 Å². The number of nitrogens with one attached hydrogen (secondary N) is 1. The highest BCUT2D eigenvalue weighted by Crippen LogP contribution is 2.45. The van der Waals surface area contributed by atoms with Gasteiger partial charge in [0.05, 0.1) is 29.0 Å². The lowest BCUT2D eigenvalue weighted by Crippen LogP contribution is -1.98. The molecule has 3 aromatic rings. The van der Waals surface area contributed by atoms with Gasteiger partial charge in [-0.3, -0.25) is 4.55 Å². The van der Waals surface area contributed by atoms with E-state index >= 15 is 0 Å². The number of rotatable bonds is 10. The highest BCUT2D eigenvalue weighted by atomic mass is 32.2. The van der Waals surface area contributed by atoms with Crippen molar-refractivity contribution in [2.45, 2.75) is 14.7 Å². The minimum Gasteiger partial charge on any atom is -0.505 e. The molecule has 0 aliphatic carbocycles. The summed E-state index contributed by atoms with van der Waals surface area (Å²) >= 11 is 1.03. The monoisotopic (exact) mass is 517 g/mol. The number of hydrogen-bond acceptors (Lipinski definition) is 14. The standard InChI is InChI=1S/C17H15N3O10S3/c1-18-10-2-4-12-9(6-10)7-14(32-30-28-23)16(17(12)21)20-19-13-8-11(31-29-27-22)3-5-15(13)33(24,25)26/h2-8,18,21-23H,1H3,(H,24,25,26). The molecule has 0 spiro atoms. The molecule has 0 aliphatic heterocycles. The summed E-state index contributed by atoms with van der Waals surface area (Å²) in [7, 11) is -2.97. The van der Waals surface area contributed by atoms with E-state index < -0.39 is 15.0 Å². The molecule has 5 N–H and O–H groups in total. The van der Waals surface area contributed by atoms with Crippen LogP contribution in [0.5, 0.6) is 5.75 Å². The summed E-state index contributed by atoms with van der Waals surface area (Å²) in [6.45, 7) is 0. The lowest BCUT2D eigenvalue weighted by molar-refractivity contribution is -0.432. The molecular weight excluding hydrogens is 502 g/mol. The van der Waals surface area contributed by atoms with E-state index in [-0.39, 0.29) is 26.9 Å². The molecule has 0 heterocycles. The molecule has 16 heteroatoms. The Balaban J connectivity index is 2.14. The van der Waals surface area contributed by atoms with Crippen LogP contribution in [0.25, 0.3) is 10.8 Å². The maximum Gasteiger partial charge on any atom is 0.296 e. The molecule has 13 nitrogen and oxygen atoms in total. The smallest absolute Gasteiger partial charge is 0.296 e. The van der Waals surface area contributed by atoms with Crippen LogP contribution in [0, 0.1) is 0 Å². The molecule has 0 aliphatic rings. The van der Waals surface area contributed by atoms with E-state index in [1.165, 1.54) is 12.1 Å². The molecule has 0 amide bonds. The molecule has 0 saturated heterocycles. The normalized spacial score (nSPS) is 12.0. The van der Waals surface area contributed by atoms with Crippen LogP contribution < -0.4 is 5.32 Å². The van der Waals surface area contributed by atoms with Gasteiger partial charge in [0.15, 0.2) is 5.75 Å². The zero-order chi connectivity index (χ0) is 24.0. The van der Waals surface area contributed by atoms with Gasteiger partial charge in [-0.25, -0.2) is 10.5 Å². The van der Waals surface area contributed by atoms with Gasteiger partial charge in [-0.05, 0) is 47.9 Å².